The average Bonchev–Trinajstić information content (AvgIpc) is 2.91. The van der Waals surface area contributed by atoms with Crippen molar-refractivity contribution in [2.45, 2.75) is 38.5 Å². The summed E-state index contributed by atoms with van der Waals surface area (Å²) in [7, 11) is 0. The van der Waals surface area contributed by atoms with E-state index in [1.54, 1.807) is 12.1 Å². The van der Waals surface area contributed by atoms with Gasteiger partial charge in [0.25, 0.3) is 5.91 Å². The van der Waals surface area contributed by atoms with E-state index < -0.39 is 5.91 Å². The quantitative estimate of drug-likeness (QED) is 0.263. The Kier molecular flexibility index (Phi) is 7.45. The first-order chi connectivity index (χ1) is 18.0. The number of rotatable bonds is 6. The number of amides is 1. The average molecular weight is 524 g/mol. The van der Waals surface area contributed by atoms with Gasteiger partial charge in [0.1, 0.15) is 11.5 Å². The van der Waals surface area contributed by atoms with Crippen LogP contribution in [0.25, 0.3) is 0 Å². The Hall–Kier alpha value is -3.79. The molecule has 2 aromatic carbocycles. The highest BCUT2D eigenvalue weighted by atomic mass is 35.5. The van der Waals surface area contributed by atoms with Crippen molar-refractivity contribution in [3.05, 3.63) is 47.0 Å². The highest BCUT2D eigenvalue weighted by molar-refractivity contribution is 6.31. The van der Waals surface area contributed by atoms with Crippen LogP contribution in [0.4, 0.5) is 29.2 Å². The largest absolute Gasteiger partial charge is 0.507 e. The van der Waals surface area contributed by atoms with Crippen molar-refractivity contribution in [2.24, 2.45) is 0 Å². The minimum atomic E-state index is -0.582. The van der Waals surface area contributed by atoms with Crippen LogP contribution in [0.2, 0.25) is 5.02 Å². The van der Waals surface area contributed by atoms with Crippen molar-refractivity contribution in [1.29, 1.82) is 0 Å². The Morgan fingerprint density at radius 1 is 0.784 bits per heavy atom. The molecule has 0 atom stereocenters. The fourth-order valence-electron chi connectivity index (χ4n) is 4.61. The molecule has 11 heteroatoms. The number of aromatic hydroxyl groups is 2. The van der Waals surface area contributed by atoms with Gasteiger partial charge >= 0.3 is 0 Å². The number of aromatic nitrogens is 3. The Morgan fingerprint density at radius 2 is 1.41 bits per heavy atom. The van der Waals surface area contributed by atoms with E-state index in [4.69, 9.17) is 26.6 Å². The number of phenols is 2. The molecular formula is C26H30ClN7O3. The fraction of sp³-hybridized carbons (Fsp3) is 0.385. The van der Waals surface area contributed by atoms with Crippen molar-refractivity contribution < 1.29 is 15.0 Å². The Balaban J connectivity index is 1.40. The lowest BCUT2D eigenvalue weighted by Gasteiger charge is -2.30. The van der Waals surface area contributed by atoms with Gasteiger partial charge in [0.05, 0.1) is 11.3 Å². The number of nitrogens with zero attached hydrogens (tertiary/aromatic N) is 5. The molecule has 3 aromatic rings. The zero-order chi connectivity index (χ0) is 25.8. The topological polar surface area (TPSA) is 127 Å². The fourth-order valence-corrected chi connectivity index (χ4v) is 4.78. The second-order valence-electron chi connectivity index (χ2n) is 9.33. The maximum Gasteiger partial charge on any atom is 0.259 e. The number of benzene rings is 2. The highest BCUT2D eigenvalue weighted by Crippen LogP contribution is 2.31. The summed E-state index contributed by atoms with van der Waals surface area (Å²) < 4.78 is 0. The molecule has 0 radical (unpaired) electrons. The van der Waals surface area contributed by atoms with Gasteiger partial charge in [0, 0.05) is 36.9 Å². The van der Waals surface area contributed by atoms with Crippen molar-refractivity contribution >= 4 is 46.7 Å². The molecular weight excluding hydrogens is 494 g/mol. The SMILES string of the molecule is O=C(Nc1cc(Nc2nc(N3CCCCC3)nc(N3CCCCC3)n2)ccc1O)c1ccc(Cl)cc1O. The smallest absolute Gasteiger partial charge is 0.259 e. The Bertz CT molecular complexity index is 1240. The van der Waals surface area contributed by atoms with Crippen LogP contribution in [-0.2, 0) is 0 Å². The third-order valence-corrected chi connectivity index (χ3v) is 6.83. The van der Waals surface area contributed by atoms with Gasteiger partial charge in [-0.2, -0.15) is 15.0 Å². The van der Waals surface area contributed by atoms with E-state index >= 15 is 0 Å². The number of nitrogens with one attached hydrogen (secondary N) is 2. The van der Waals surface area contributed by atoms with Crippen molar-refractivity contribution in [3.63, 3.8) is 0 Å². The zero-order valence-electron chi connectivity index (χ0n) is 20.5. The first kappa shape index (κ1) is 24.9. The van der Waals surface area contributed by atoms with Crippen LogP contribution in [0, 0.1) is 0 Å². The number of carbonyl (C=O) groups is 1. The molecule has 0 bridgehead atoms. The van der Waals surface area contributed by atoms with Gasteiger partial charge < -0.3 is 30.6 Å². The highest BCUT2D eigenvalue weighted by Gasteiger charge is 2.21. The lowest BCUT2D eigenvalue weighted by molar-refractivity contribution is 0.102. The molecule has 2 aliphatic rings. The summed E-state index contributed by atoms with van der Waals surface area (Å²) in [5.41, 5.74) is 0.789. The molecule has 1 aromatic heterocycles. The molecule has 3 heterocycles. The summed E-state index contributed by atoms with van der Waals surface area (Å²) in [6.45, 7) is 3.65. The van der Waals surface area contributed by atoms with Crippen LogP contribution in [0.5, 0.6) is 11.5 Å². The van der Waals surface area contributed by atoms with E-state index in [-0.39, 0.29) is 22.7 Å². The molecule has 0 saturated carbocycles. The number of halogens is 1. The van der Waals surface area contributed by atoms with Crippen LogP contribution in [0.3, 0.4) is 0 Å². The number of piperidine rings is 2. The summed E-state index contributed by atoms with van der Waals surface area (Å²) >= 11 is 5.86. The molecule has 4 N–H and O–H groups in total. The number of hydrogen-bond donors (Lipinski definition) is 4. The second-order valence-corrected chi connectivity index (χ2v) is 9.76. The van der Waals surface area contributed by atoms with Gasteiger partial charge in [-0.1, -0.05) is 11.6 Å². The van der Waals surface area contributed by atoms with E-state index in [2.05, 4.69) is 20.4 Å². The maximum absolute atomic E-state index is 12.7. The summed E-state index contributed by atoms with van der Waals surface area (Å²) in [6, 6.07) is 8.95. The summed E-state index contributed by atoms with van der Waals surface area (Å²) in [4.78, 5) is 31.3. The molecule has 1 amide bonds. The molecule has 0 aliphatic carbocycles. The van der Waals surface area contributed by atoms with E-state index in [0.717, 1.165) is 51.9 Å². The van der Waals surface area contributed by atoms with Gasteiger partial charge in [-0.3, -0.25) is 4.79 Å². The zero-order valence-corrected chi connectivity index (χ0v) is 21.2. The van der Waals surface area contributed by atoms with E-state index in [1.807, 2.05) is 0 Å². The van der Waals surface area contributed by atoms with Crippen LogP contribution in [-0.4, -0.2) is 57.3 Å². The molecule has 37 heavy (non-hydrogen) atoms. The Labute approximate surface area is 220 Å². The van der Waals surface area contributed by atoms with Crippen LogP contribution in [0.15, 0.2) is 36.4 Å². The first-order valence-corrected chi connectivity index (χ1v) is 13.0. The number of hydrogen-bond acceptors (Lipinski definition) is 9. The minimum absolute atomic E-state index is 0.0389. The molecule has 0 spiro atoms. The van der Waals surface area contributed by atoms with Crippen molar-refractivity contribution in [3.8, 4) is 11.5 Å². The van der Waals surface area contributed by atoms with E-state index in [9.17, 15) is 15.0 Å². The lowest BCUT2D eigenvalue weighted by atomic mass is 10.1. The van der Waals surface area contributed by atoms with Crippen LogP contribution in [0.1, 0.15) is 48.9 Å². The number of carbonyl (C=O) groups excluding carboxylic acids is 1. The molecule has 2 fully saturated rings. The van der Waals surface area contributed by atoms with E-state index in [1.165, 1.54) is 37.1 Å². The van der Waals surface area contributed by atoms with Gasteiger partial charge in [0.2, 0.25) is 17.8 Å². The predicted molar refractivity (Wildman–Crippen MR) is 144 cm³/mol. The van der Waals surface area contributed by atoms with Gasteiger partial charge in [-0.25, -0.2) is 0 Å². The second kappa shape index (κ2) is 11.1. The minimum Gasteiger partial charge on any atom is -0.507 e. The van der Waals surface area contributed by atoms with Gasteiger partial charge in [0.15, 0.2) is 0 Å². The molecule has 2 aliphatic heterocycles. The summed E-state index contributed by atoms with van der Waals surface area (Å²) in [5, 5.41) is 26.6. The predicted octanol–water partition coefficient (Wildman–Crippen LogP) is 4.91. The molecule has 10 nitrogen and oxygen atoms in total. The third-order valence-electron chi connectivity index (χ3n) is 6.59. The van der Waals surface area contributed by atoms with E-state index in [0.29, 0.717) is 28.6 Å². The number of anilines is 5. The molecule has 0 unspecified atom stereocenters. The lowest BCUT2D eigenvalue weighted by Crippen LogP contribution is -2.34. The molecule has 5 rings (SSSR count). The van der Waals surface area contributed by atoms with Crippen LogP contribution < -0.4 is 20.4 Å². The summed E-state index contributed by atoms with van der Waals surface area (Å²) in [6.07, 6.45) is 6.85. The van der Waals surface area contributed by atoms with Crippen molar-refractivity contribution in [1.82, 2.24) is 15.0 Å². The summed E-state index contributed by atoms with van der Waals surface area (Å²) in [5.74, 6) is 0.757. The van der Waals surface area contributed by atoms with Gasteiger partial charge in [-0.05, 0) is 74.9 Å². The van der Waals surface area contributed by atoms with Crippen LogP contribution >= 0.6 is 11.6 Å². The third kappa shape index (κ3) is 5.96. The normalized spacial score (nSPS) is 15.9. The van der Waals surface area contributed by atoms with Crippen molar-refractivity contribution in [2.75, 3.05) is 46.6 Å². The van der Waals surface area contributed by atoms with Gasteiger partial charge in [-0.15, -0.1) is 0 Å². The maximum atomic E-state index is 12.7. The number of phenolic OH excluding ortho intramolecular Hbond substituents is 2. The molecule has 2 saturated heterocycles. The Morgan fingerprint density at radius 3 is 2.00 bits per heavy atom. The molecule has 194 valence electrons. The first-order valence-electron chi connectivity index (χ1n) is 12.6. The monoisotopic (exact) mass is 523 g/mol. The standard InChI is InChI=1S/C26H30ClN7O3/c27-17-7-9-19(22(36)15-17)23(37)29-20-16-18(8-10-21(20)35)28-24-30-25(33-11-3-1-4-12-33)32-26(31-24)34-13-5-2-6-14-34/h7-10,15-16,35-36H,1-6,11-14H2,(H,29,37)(H,28,30,31,32).